The van der Waals surface area contributed by atoms with Crippen LogP contribution in [-0.2, 0) is 16.1 Å². The fourth-order valence-electron chi connectivity index (χ4n) is 5.81. The monoisotopic (exact) mass is 359 g/mol. The molecule has 2 amide bonds. The molecule has 0 N–H and O–H groups in total. The number of para-hydroxylation sites is 1. The lowest BCUT2D eigenvalue weighted by molar-refractivity contribution is -0.140. The average molecular weight is 359 g/mol. The highest BCUT2D eigenvalue weighted by Gasteiger charge is 2.67. The first-order chi connectivity index (χ1) is 13.2. The number of aromatic nitrogens is 1. The summed E-state index contributed by atoms with van der Waals surface area (Å²) in [6, 6.07) is 8.14. The SMILES string of the molecule is CCn1cc(/C=N\N2C(=O)[C@@H]3[C@H]4C=C[C@@H]([C@@H]5C[C@H]45)[C@H]3C2=O)c2ccccc21. The van der Waals surface area contributed by atoms with Crippen molar-refractivity contribution in [2.75, 3.05) is 0 Å². The number of benzene rings is 1. The minimum Gasteiger partial charge on any atom is -0.347 e. The molecule has 5 aliphatic rings. The molecular weight excluding hydrogens is 338 g/mol. The maximum absolute atomic E-state index is 13.0. The van der Waals surface area contributed by atoms with Crippen LogP contribution in [0.25, 0.3) is 10.9 Å². The predicted molar refractivity (Wildman–Crippen MR) is 102 cm³/mol. The lowest BCUT2D eigenvalue weighted by atomic mass is 9.63. The van der Waals surface area contributed by atoms with Crippen molar-refractivity contribution in [3.05, 3.63) is 48.2 Å². The molecule has 0 unspecified atom stereocenters. The largest absolute Gasteiger partial charge is 0.347 e. The second kappa shape index (κ2) is 5.18. The summed E-state index contributed by atoms with van der Waals surface area (Å²) in [4.78, 5) is 26.0. The zero-order valence-electron chi connectivity index (χ0n) is 15.2. The van der Waals surface area contributed by atoms with E-state index in [-0.39, 0.29) is 35.5 Å². The first-order valence-corrected chi connectivity index (χ1v) is 9.87. The van der Waals surface area contributed by atoms with Gasteiger partial charge in [-0.05, 0) is 43.1 Å². The van der Waals surface area contributed by atoms with Gasteiger partial charge in [0.05, 0.1) is 18.1 Å². The Bertz CT molecular complexity index is 1010. The second-order valence-electron chi connectivity index (χ2n) is 8.28. The Balaban J connectivity index is 1.35. The standard InChI is InChI=1S/C22H21N3O2/c1-2-24-11-12(13-5-3-4-6-18(13)24)10-23-25-21(26)19-14-7-8-15(17-9-16(14)17)20(19)22(25)27/h3-8,10-11,14-17,19-20H,2,9H2,1H3/b23-10-/t14-,15-,16-,17+,19+,20+/m0/s1. The maximum atomic E-state index is 13.0. The number of nitrogens with zero attached hydrogens (tertiary/aromatic N) is 3. The summed E-state index contributed by atoms with van der Waals surface area (Å²) in [6.07, 6.45) is 9.26. The van der Waals surface area contributed by atoms with E-state index in [1.54, 1.807) is 6.21 Å². The number of imide groups is 1. The fraction of sp³-hybridized carbons (Fsp3) is 0.409. The van der Waals surface area contributed by atoms with Crippen molar-refractivity contribution in [2.24, 2.45) is 40.6 Å². The number of hydrazone groups is 1. The number of hydrogen-bond acceptors (Lipinski definition) is 3. The van der Waals surface area contributed by atoms with Crippen LogP contribution in [0.2, 0.25) is 0 Å². The molecule has 2 saturated carbocycles. The van der Waals surface area contributed by atoms with Gasteiger partial charge in [-0.2, -0.15) is 10.1 Å². The van der Waals surface area contributed by atoms with Crippen LogP contribution in [0.4, 0.5) is 0 Å². The number of carbonyl (C=O) groups is 2. The van der Waals surface area contributed by atoms with Crippen LogP contribution in [0.3, 0.4) is 0 Å². The molecule has 1 aromatic carbocycles. The molecule has 0 spiro atoms. The van der Waals surface area contributed by atoms with E-state index in [4.69, 9.17) is 0 Å². The molecule has 1 aromatic heterocycles. The highest BCUT2D eigenvalue weighted by atomic mass is 16.2. The van der Waals surface area contributed by atoms with Crippen molar-refractivity contribution in [1.82, 2.24) is 9.58 Å². The van der Waals surface area contributed by atoms with Crippen molar-refractivity contribution in [2.45, 2.75) is 19.9 Å². The first kappa shape index (κ1) is 15.4. The van der Waals surface area contributed by atoms with Crippen LogP contribution >= 0.6 is 0 Å². The molecule has 4 aliphatic carbocycles. The molecule has 3 fully saturated rings. The molecule has 5 nitrogen and oxygen atoms in total. The van der Waals surface area contributed by atoms with Crippen LogP contribution in [0, 0.1) is 35.5 Å². The molecule has 1 aliphatic heterocycles. The molecule has 7 rings (SSSR count). The molecule has 27 heavy (non-hydrogen) atoms. The minimum atomic E-state index is -0.189. The summed E-state index contributed by atoms with van der Waals surface area (Å²) >= 11 is 0. The van der Waals surface area contributed by atoms with E-state index in [0.717, 1.165) is 28.0 Å². The first-order valence-electron chi connectivity index (χ1n) is 9.87. The van der Waals surface area contributed by atoms with Gasteiger partial charge >= 0.3 is 0 Å². The summed E-state index contributed by atoms with van der Waals surface area (Å²) in [5.41, 5.74) is 2.07. The summed E-state index contributed by atoms with van der Waals surface area (Å²) in [6.45, 7) is 2.96. The Morgan fingerprint density at radius 3 is 2.41 bits per heavy atom. The third kappa shape index (κ3) is 1.92. The lowest BCUT2D eigenvalue weighted by Gasteiger charge is -2.37. The summed E-state index contributed by atoms with van der Waals surface area (Å²) in [5.74, 6) is 1.12. The van der Waals surface area contributed by atoms with Gasteiger partial charge in [0.2, 0.25) is 0 Å². The van der Waals surface area contributed by atoms with Gasteiger partial charge in [0.15, 0.2) is 0 Å². The third-order valence-corrected chi connectivity index (χ3v) is 7.11. The Morgan fingerprint density at radius 2 is 1.74 bits per heavy atom. The van der Waals surface area contributed by atoms with Gasteiger partial charge < -0.3 is 4.57 Å². The van der Waals surface area contributed by atoms with E-state index < -0.39 is 0 Å². The molecule has 1 saturated heterocycles. The normalized spacial score (nSPS) is 36.1. The van der Waals surface area contributed by atoms with Crippen LogP contribution in [0.1, 0.15) is 18.9 Å². The quantitative estimate of drug-likeness (QED) is 0.480. The lowest BCUT2D eigenvalue weighted by Crippen LogP contribution is -2.40. The van der Waals surface area contributed by atoms with Crippen LogP contribution in [0.15, 0.2) is 47.7 Å². The minimum absolute atomic E-state index is 0.106. The fourth-order valence-corrected chi connectivity index (χ4v) is 5.81. The zero-order chi connectivity index (χ0) is 18.3. The zero-order valence-corrected chi connectivity index (χ0v) is 15.2. The van der Waals surface area contributed by atoms with Crippen LogP contribution in [-0.4, -0.2) is 27.6 Å². The van der Waals surface area contributed by atoms with E-state index in [1.165, 1.54) is 6.42 Å². The van der Waals surface area contributed by atoms with Crippen LogP contribution < -0.4 is 0 Å². The van der Waals surface area contributed by atoms with Gasteiger partial charge in [0.25, 0.3) is 11.8 Å². The smallest absolute Gasteiger partial charge is 0.254 e. The topological polar surface area (TPSA) is 54.7 Å². The van der Waals surface area contributed by atoms with Gasteiger partial charge in [-0.1, -0.05) is 30.4 Å². The Labute approximate surface area is 157 Å². The molecule has 2 bridgehead atoms. The molecule has 2 heterocycles. The highest BCUT2D eigenvalue weighted by Crippen LogP contribution is 2.65. The molecule has 6 atom stereocenters. The van der Waals surface area contributed by atoms with Crippen molar-refractivity contribution in [3.8, 4) is 0 Å². The van der Waals surface area contributed by atoms with Crippen molar-refractivity contribution >= 4 is 28.9 Å². The van der Waals surface area contributed by atoms with E-state index in [0.29, 0.717) is 11.8 Å². The Kier molecular flexibility index (Phi) is 2.95. The second-order valence-corrected chi connectivity index (χ2v) is 8.28. The van der Waals surface area contributed by atoms with Gasteiger partial charge in [-0.25, -0.2) is 0 Å². The highest BCUT2D eigenvalue weighted by molar-refractivity contribution is 6.07. The number of hydrogen-bond donors (Lipinski definition) is 0. The van der Waals surface area contributed by atoms with Gasteiger partial charge in [-0.15, -0.1) is 0 Å². The number of allylic oxidation sites excluding steroid dienone is 2. The maximum Gasteiger partial charge on any atom is 0.254 e. The summed E-state index contributed by atoms with van der Waals surface area (Å²) < 4.78 is 2.15. The van der Waals surface area contributed by atoms with Gasteiger partial charge in [-0.3, -0.25) is 9.59 Å². The Hall–Kier alpha value is -2.69. The van der Waals surface area contributed by atoms with Crippen molar-refractivity contribution in [3.63, 3.8) is 0 Å². The van der Waals surface area contributed by atoms with Crippen molar-refractivity contribution < 1.29 is 9.59 Å². The number of fused-ring (bicyclic) bond motifs is 1. The number of aryl methyl sites for hydroxylation is 1. The van der Waals surface area contributed by atoms with Crippen LogP contribution in [0.5, 0.6) is 0 Å². The van der Waals surface area contributed by atoms with E-state index in [2.05, 4.69) is 34.8 Å². The van der Waals surface area contributed by atoms with E-state index in [9.17, 15) is 9.59 Å². The van der Waals surface area contributed by atoms with Gasteiger partial charge in [0.1, 0.15) is 0 Å². The summed E-state index contributed by atoms with van der Waals surface area (Å²) in [7, 11) is 0. The average Bonchev–Trinajstić information content (AvgIpc) is 3.40. The molecule has 5 heteroatoms. The molecule has 0 radical (unpaired) electrons. The predicted octanol–water partition coefficient (Wildman–Crippen LogP) is 3.05. The number of carbonyl (C=O) groups excluding carboxylic acids is 2. The third-order valence-electron chi connectivity index (χ3n) is 7.11. The summed E-state index contributed by atoms with van der Waals surface area (Å²) in [5, 5.41) is 6.63. The van der Waals surface area contributed by atoms with E-state index >= 15 is 0 Å². The van der Waals surface area contributed by atoms with Gasteiger partial charge in [0, 0.05) is 29.2 Å². The molecule has 136 valence electrons. The van der Waals surface area contributed by atoms with Crippen molar-refractivity contribution in [1.29, 1.82) is 0 Å². The molecule has 2 aromatic rings. The number of amides is 2. The molecular formula is C22H21N3O2. The number of rotatable bonds is 3. The van der Waals surface area contributed by atoms with E-state index in [1.807, 2.05) is 24.4 Å². The Morgan fingerprint density at radius 1 is 1.07 bits per heavy atom.